The first kappa shape index (κ1) is 22.5. The minimum Gasteiger partial charge on any atom is -0.481 e. The molecule has 0 spiro atoms. The number of aromatic amines is 1. The van der Waals surface area contributed by atoms with Gasteiger partial charge in [-0.3, -0.25) is 4.79 Å². The molecule has 0 saturated heterocycles. The Kier molecular flexibility index (Phi) is 7.14. The molecule has 2 aromatic rings. The molecule has 0 aliphatic heterocycles. The van der Waals surface area contributed by atoms with Crippen LogP contribution in [0.5, 0.6) is 0 Å². The quantitative estimate of drug-likeness (QED) is 0.497. The first-order chi connectivity index (χ1) is 12.9. The normalized spacial score (nSPS) is 10.1. The van der Waals surface area contributed by atoms with E-state index in [4.69, 9.17) is 20.4 Å². The fraction of sp³-hybridized carbons (Fsp3) is 0.333. The van der Waals surface area contributed by atoms with E-state index in [1.807, 2.05) is 0 Å². The lowest BCUT2D eigenvalue weighted by Crippen LogP contribution is -2.06. The van der Waals surface area contributed by atoms with Crippen molar-refractivity contribution in [2.24, 2.45) is 0 Å². The fourth-order valence-corrected chi connectivity index (χ4v) is 2.88. The molecule has 0 aliphatic carbocycles. The Morgan fingerprint density at radius 2 is 1.43 bits per heavy atom. The minimum absolute atomic E-state index is 0.00593. The molecule has 2 heterocycles. The van der Waals surface area contributed by atoms with E-state index in [-0.39, 0.29) is 28.8 Å². The Bertz CT molecular complexity index is 936. The first-order valence-corrected chi connectivity index (χ1v) is 8.15. The summed E-state index contributed by atoms with van der Waals surface area (Å²) in [7, 11) is 0. The monoisotopic (exact) mass is 394 g/mol. The smallest absolute Gasteiger partial charge is 0.352 e. The zero-order valence-electron chi connectivity index (χ0n) is 15.9. The summed E-state index contributed by atoms with van der Waals surface area (Å²) in [6.07, 6.45) is 1.66. The molecular weight excluding hydrogens is 372 g/mol. The number of nitrogens with zero attached hydrogens (tertiary/aromatic N) is 1. The molecule has 10 nitrogen and oxygen atoms in total. The lowest BCUT2D eigenvalue weighted by Gasteiger charge is -2.03. The van der Waals surface area contributed by atoms with Crippen molar-refractivity contribution in [3.63, 3.8) is 0 Å². The van der Waals surface area contributed by atoms with Gasteiger partial charge in [-0.2, -0.15) is 0 Å². The third-order valence-corrected chi connectivity index (χ3v) is 4.18. The maximum absolute atomic E-state index is 10.9. The lowest BCUT2D eigenvalue weighted by molar-refractivity contribution is -0.137. The third kappa shape index (κ3) is 5.00. The number of H-pyrrole nitrogens is 1. The van der Waals surface area contributed by atoms with E-state index in [2.05, 4.69) is 4.98 Å². The highest BCUT2D eigenvalue weighted by atomic mass is 16.4. The number of aryl methyl sites for hydroxylation is 3. The van der Waals surface area contributed by atoms with Gasteiger partial charge in [-0.1, -0.05) is 0 Å². The number of hydrogen-bond donors (Lipinski definition) is 5. The molecule has 2 aromatic heterocycles. The molecule has 2 rings (SSSR count). The van der Waals surface area contributed by atoms with Crippen LogP contribution in [0, 0.1) is 27.7 Å². The van der Waals surface area contributed by atoms with E-state index >= 15 is 0 Å². The van der Waals surface area contributed by atoms with Gasteiger partial charge in [0.1, 0.15) is 5.69 Å². The average Bonchev–Trinajstić information content (AvgIpc) is 3.01. The number of aromatic carboxylic acids is 3. The van der Waals surface area contributed by atoms with Crippen LogP contribution in [0.4, 0.5) is 0 Å². The van der Waals surface area contributed by atoms with Crippen LogP contribution in [0.1, 0.15) is 60.1 Å². The second-order valence-electron chi connectivity index (χ2n) is 6.15. The molecule has 0 bridgehead atoms. The highest BCUT2D eigenvalue weighted by molar-refractivity contribution is 5.97. The van der Waals surface area contributed by atoms with Crippen molar-refractivity contribution in [1.29, 1.82) is 0 Å². The summed E-state index contributed by atoms with van der Waals surface area (Å²) in [5.74, 6) is -4.12. The average molecular weight is 394 g/mol. The highest BCUT2D eigenvalue weighted by Crippen LogP contribution is 2.18. The maximum atomic E-state index is 10.9. The summed E-state index contributed by atoms with van der Waals surface area (Å²) in [6.45, 7) is 6.68. The molecule has 0 radical (unpaired) electrons. The summed E-state index contributed by atoms with van der Waals surface area (Å²) >= 11 is 0. The molecule has 0 atom stereocenters. The Morgan fingerprint density at radius 3 is 1.75 bits per heavy atom. The molecule has 0 amide bonds. The van der Waals surface area contributed by atoms with E-state index in [0.29, 0.717) is 23.5 Å². The molecule has 10 heteroatoms. The van der Waals surface area contributed by atoms with Crippen molar-refractivity contribution < 1.29 is 39.6 Å². The van der Waals surface area contributed by atoms with Gasteiger partial charge in [-0.25, -0.2) is 14.4 Å². The summed E-state index contributed by atoms with van der Waals surface area (Å²) in [5.41, 5.74) is 2.12. The topological polar surface area (TPSA) is 170 Å². The molecule has 0 fully saturated rings. The van der Waals surface area contributed by atoms with Crippen molar-refractivity contribution in [3.05, 3.63) is 45.5 Å². The van der Waals surface area contributed by atoms with Crippen LogP contribution in [-0.4, -0.2) is 53.9 Å². The molecule has 0 unspecified atom stereocenters. The number of carboxylic acid groups (broad SMARTS) is 4. The van der Waals surface area contributed by atoms with Crippen molar-refractivity contribution in [3.8, 4) is 0 Å². The van der Waals surface area contributed by atoms with Gasteiger partial charge in [-0.05, 0) is 38.8 Å². The van der Waals surface area contributed by atoms with Crippen LogP contribution in [0.2, 0.25) is 0 Å². The largest absolute Gasteiger partial charge is 0.481 e. The van der Waals surface area contributed by atoms with E-state index < -0.39 is 23.9 Å². The SMILES string of the molecule is Cc1[nH]c(C(=O)O)c(C)c1C(=O)O.Cc1cn(CCC(=O)O)c(C)c1C(=O)O. The summed E-state index contributed by atoms with van der Waals surface area (Å²) in [4.78, 5) is 45.0. The number of aromatic nitrogens is 2. The molecular formula is C18H22N2O8. The predicted octanol–water partition coefficient (Wildman–Crippen LogP) is 2.31. The lowest BCUT2D eigenvalue weighted by atomic mass is 10.1. The van der Waals surface area contributed by atoms with Gasteiger partial charge in [0.15, 0.2) is 0 Å². The van der Waals surface area contributed by atoms with Gasteiger partial charge in [0.05, 0.1) is 17.5 Å². The number of carboxylic acids is 4. The molecule has 28 heavy (non-hydrogen) atoms. The van der Waals surface area contributed by atoms with E-state index in [9.17, 15) is 19.2 Å². The Morgan fingerprint density at radius 1 is 0.893 bits per heavy atom. The maximum Gasteiger partial charge on any atom is 0.352 e. The Balaban J connectivity index is 0.000000283. The number of hydrogen-bond acceptors (Lipinski definition) is 4. The van der Waals surface area contributed by atoms with E-state index in [0.717, 1.165) is 0 Å². The number of rotatable bonds is 6. The highest BCUT2D eigenvalue weighted by Gasteiger charge is 2.20. The van der Waals surface area contributed by atoms with Crippen LogP contribution >= 0.6 is 0 Å². The zero-order chi connectivity index (χ0) is 21.8. The van der Waals surface area contributed by atoms with Crippen LogP contribution in [0.3, 0.4) is 0 Å². The van der Waals surface area contributed by atoms with Crippen molar-refractivity contribution in [1.82, 2.24) is 9.55 Å². The molecule has 5 N–H and O–H groups in total. The molecule has 0 aliphatic rings. The molecule has 0 aromatic carbocycles. The molecule has 152 valence electrons. The van der Waals surface area contributed by atoms with Gasteiger partial charge >= 0.3 is 23.9 Å². The van der Waals surface area contributed by atoms with E-state index in [1.165, 1.54) is 13.8 Å². The first-order valence-electron chi connectivity index (χ1n) is 8.15. The van der Waals surface area contributed by atoms with Crippen molar-refractivity contribution in [2.75, 3.05) is 0 Å². The number of carbonyl (C=O) groups is 4. The van der Waals surface area contributed by atoms with Crippen LogP contribution in [0.15, 0.2) is 6.20 Å². The van der Waals surface area contributed by atoms with E-state index in [1.54, 1.807) is 24.6 Å². The van der Waals surface area contributed by atoms with Crippen LogP contribution in [-0.2, 0) is 11.3 Å². The van der Waals surface area contributed by atoms with Gasteiger partial charge < -0.3 is 30.0 Å². The van der Waals surface area contributed by atoms with Gasteiger partial charge in [0.25, 0.3) is 0 Å². The fourth-order valence-electron chi connectivity index (χ4n) is 2.88. The second kappa shape index (κ2) is 8.89. The predicted molar refractivity (Wildman–Crippen MR) is 97.3 cm³/mol. The number of nitrogens with one attached hydrogen (secondary N) is 1. The Labute approximate surface area is 160 Å². The van der Waals surface area contributed by atoms with Gasteiger partial charge in [0, 0.05) is 24.1 Å². The summed E-state index contributed by atoms with van der Waals surface area (Å²) < 4.78 is 1.66. The third-order valence-electron chi connectivity index (χ3n) is 4.18. The van der Waals surface area contributed by atoms with Crippen molar-refractivity contribution >= 4 is 23.9 Å². The summed E-state index contributed by atoms with van der Waals surface area (Å²) in [6, 6.07) is 0. The number of aliphatic carboxylic acids is 1. The van der Waals surface area contributed by atoms with Crippen molar-refractivity contribution in [2.45, 2.75) is 40.7 Å². The Hall–Kier alpha value is -3.56. The standard InChI is InChI=1S/C10H13NO4.C8H9NO4/c1-6-5-11(4-3-8(12)13)7(2)9(6)10(14)15;1-3-5(7(10)11)4(2)9-6(3)8(12)13/h5H,3-4H2,1-2H3,(H,12,13)(H,14,15);9H,1-2H3,(H,10,11)(H,12,13). The minimum atomic E-state index is -1.15. The van der Waals surface area contributed by atoms with Gasteiger partial charge in [-0.15, -0.1) is 0 Å². The van der Waals surface area contributed by atoms with Crippen LogP contribution in [0.25, 0.3) is 0 Å². The second-order valence-corrected chi connectivity index (χ2v) is 6.15. The zero-order valence-corrected chi connectivity index (χ0v) is 15.9. The van der Waals surface area contributed by atoms with Crippen LogP contribution < -0.4 is 0 Å². The molecule has 0 saturated carbocycles. The summed E-state index contributed by atoms with van der Waals surface area (Å²) in [5, 5.41) is 34.8. The van der Waals surface area contributed by atoms with Gasteiger partial charge in [0.2, 0.25) is 0 Å².